The normalized spacial score (nSPS) is 14.0. The second-order valence-electron chi connectivity index (χ2n) is 6.87. The maximum atomic E-state index is 12.3. The standard InChI is InChI=1S/C21H23N3O3/c1-12-4-7-17(11-18(12)14(3)25)23-21(27)22-13(2)15-5-8-19-16(10-15)6-9-20(26)24-19/h4-5,7-8,10-11,13H,6,9H2,1-3H3,(H,24,26)(H2,22,23,27). The van der Waals surface area contributed by atoms with Gasteiger partial charge in [-0.15, -0.1) is 0 Å². The summed E-state index contributed by atoms with van der Waals surface area (Å²) in [6.45, 7) is 5.27. The van der Waals surface area contributed by atoms with E-state index in [1.807, 2.05) is 38.1 Å². The minimum Gasteiger partial charge on any atom is -0.331 e. The van der Waals surface area contributed by atoms with Gasteiger partial charge in [0.25, 0.3) is 0 Å². The number of Topliss-reactive ketones (excluding diaryl/α,β-unsaturated/α-hetero) is 1. The van der Waals surface area contributed by atoms with Gasteiger partial charge in [0.1, 0.15) is 0 Å². The van der Waals surface area contributed by atoms with Gasteiger partial charge in [-0.3, -0.25) is 9.59 Å². The summed E-state index contributed by atoms with van der Waals surface area (Å²) in [6, 6.07) is 10.5. The Bertz CT molecular complexity index is 921. The van der Waals surface area contributed by atoms with Crippen LogP contribution in [0.15, 0.2) is 36.4 Å². The largest absolute Gasteiger partial charge is 0.331 e. The number of ketones is 1. The van der Waals surface area contributed by atoms with E-state index in [0.717, 1.165) is 22.4 Å². The molecule has 3 rings (SSSR count). The first kappa shape index (κ1) is 18.6. The Morgan fingerprint density at radius 3 is 2.63 bits per heavy atom. The summed E-state index contributed by atoms with van der Waals surface area (Å²) in [7, 11) is 0. The van der Waals surface area contributed by atoms with Gasteiger partial charge in [-0.05, 0) is 62.1 Å². The van der Waals surface area contributed by atoms with Crippen LogP contribution in [0.2, 0.25) is 0 Å². The molecule has 0 bridgehead atoms. The van der Waals surface area contributed by atoms with Crippen LogP contribution in [0, 0.1) is 6.92 Å². The van der Waals surface area contributed by atoms with Gasteiger partial charge in [-0.2, -0.15) is 0 Å². The third-order valence-electron chi connectivity index (χ3n) is 4.75. The van der Waals surface area contributed by atoms with Crippen molar-refractivity contribution < 1.29 is 14.4 Å². The van der Waals surface area contributed by atoms with Gasteiger partial charge in [0.15, 0.2) is 5.78 Å². The van der Waals surface area contributed by atoms with Crippen molar-refractivity contribution in [3.05, 3.63) is 58.7 Å². The van der Waals surface area contributed by atoms with E-state index < -0.39 is 0 Å². The number of rotatable bonds is 4. The number of carbonyl (C=O) groups excluding carboxylic acids is 3. The van der Waals surface area contributed by atoms with Gasteiger partial charge in [0, 0.05) is 23.4 Å². The third-order valence-corrected chi connectivity index (χ3v) is 4.75. The third kappa shape index (κ3) is 4.34. The predicted molar refractivity (Wildman–Crippen MR) is 105 cm³/mol. The summed E-state index contributed by atoms with van der Waals surface area (Å²) in [5, 5.41) is 8.53. The highest BCUT2D eigenvalue weighted by Gasteiger charge is 2.17. The predicted octanol–water partition coefficient (Wildman–Crippen LogP) is 3.97. The van der Waals surface area contributed by atoms with Gasteiger partial charge >= 0.3 is 6.03 Å². The van der Waals surface area contributed by atoms with Crippen LogP contribution in [0.1, 0.15) is 53.4 Å². The van der Waals surface area contributed by atoms with Gasteiger partial charge in [-0.25, -0.2) is 4.79 Å². The SMILES string of the molecule is CC(=O)c1cc(NC(=O)NC(C)c2ccc3c(c2)CCC(=O)N3)ccc1C. The second kappa shape index (κ2) is 7.61. The molecule has 0 radical (unpaired) electrons. The van der Waals surface area contributed by atoms with E-state index >= 15 is 0 Å². The molecule has 3 N–H and O–H groups in total. The molecule has 0 fully saturated rings. The molecular formula is C21H23N3O3. The van der Waals surface area contributed by atoms with E-state index in [4.69, 9.17) is 0 Å². The number of benzene rings is 2. The zero-order chi connectivity index (χ0) is 19.6. The van der Waals surface area contributed by atoms with Gasteiger partial charge in [-0.1, -0.05) is 18.2 Å². The highest BCUT2D eigenvalue weighted by molar-refractivity contribution is 5.98. The molecule has 1 aliphatic rings. The van der Waals surface area contributed by atoms with Crippen molar-refractivity contribution in [2.45, 2.75) is 39.7 Å². The monoisotopic (exact) mass is 365 g/mol. The summed E-state index contributed by atoms with van der Waals surface area (Å²) >= 11 is 0. The fourth-order valence-corrected chi connectivity index (χ4v) is 3.20. The minimum atomic E-state index is -0.341. The van der Waals surface area contributed by atoms with Crippen LogP contribution in [0.25, 0.3) is 0 Å². The lowest BCUT2D eigenvalue weighted by Gasteiger charge is -2.20. The van der Waals surface area contributed by atoms with E-state index in [2.05, 4.69) is 16.0 Å². The van der Waals surface area contributed by atoms with Crippen LogP contribution < -0.4 is 16.0 Å². The fourth-order valence-electron chi connectivity index (χ4n) is 3.20. The second-order valence-corrected chi connectivity index (χ2v) is 6.87. The van der Waals surface area contributed by atoms with Gasteiger partial charge in [0.05, 0.1) is 6.04 Å². The number of hydrogen-bond acceptors (Lipinski definition) is 3. The minimum absolute atomic E-state index is 0.0313. The zero-order valence-corrected chi connectivity index (χ0v) is 15.7. The number of amides is 3. The Labute approximate surface area is 158 Å². The summed E-state index contributed by atoms with van der Waals surface area (Å²) in [5.74, 6) is -0.00472. The van der Waals surface area contributed by atoms with Crippen molar-refractivity contribution in [3.8, 4) is 0 Å². The van der Waals surface area contributed by atoms with Crippen LogP contribution in [0.4, 0.5) is 16.2 Å². The van der Waals surface area contributed by atoms with Crippen LogP contribution in [0.3, 0.4) is 0 Å². The molecule has 27 heavy (non-hydrogen) atoms. The van der Waals surface area contributed by atoms with Crippen molar-refractivity contribution in [1.29, 1.82) is 0 Å². The first-order chi connectivity index (χ1) is 12.8. The number of fused-ring (bicyclic) bond motifs is 1. The molecule has 6 heteroatoms. The summed E-state index contributed by atoms with van der Waals surface area (Å²) in [5.41, 5.74) is 4.92. The molecule has 2 aromatic carbocycles. The molecule has 0 aromatic heterocycles. The molecule has 0 aliphatic carbocycles. The Balaban J connectivity index is 1.67. The molecule has 0 spiro atoms. The number of aryl methyl sites for hydroxylation is 2. The van der Waals surface area contributed by atoms with Gasteiger partial charge in [0.2, 0.25) is 5.91 Å². The maximum absolute atomic E-state index is 12.3. The zero-order valence-electron chi connectivity index (χ0n) is 15.7. The molecule has 2 aromatic rings. The molecule has 1 atom stereocenters. The van der Waals surface area contributed by atoms with E-state index in [9.17, 15) is 14.4 Å². The van der Waals surface area contributed by atoms with E-state index in [0.29, 0.717) is 24.1 Å². The van der Waals surface area contributed by atoms with Crippen LogP contribution in [-0.2, 0) is 11.2 Å². The molecule has 6 nitrogen and oxygen atoms in total. The average Bonchev–Trinajstić information content (AvgIpc) is 2.62. The summed E-state index contributed by atoms with van der Waals surface area (Å²) in [4.78, 5) is 35.4. The number of hydrogen-bond donors (Lipinski definition) is 3. The smallest absolute Gasteiger partial charge is 0.319 e. The first-order valence-electron chi connectivity index (χ1n) is 8.95. The van der Waals surface area contributed by atoms with Crippen molar-refractivity contribution in [3.63, 3.8) is 0 Å². The van der Waals surface area contributed by atoms with Gasteiger partial charge < -0.3 is 16.0 Å². The molecule has 1 unspecified atom stereocenters. The highest BCUT2D eigenvalue weighted by Crippen LogP contribution is 2.26. The highest BCUT2D eigenvalue weighted by atomic mass is 16.2. The maximum Gasteiger partial charge on any atom is 0.319 e. The Hall–Kier alpha value is -3.15. The molecular weight excluding hydrogens is 342 g/mol. The molecule has 140 valence electrons. The van der Waals surface area contributed by atoms with Crippen molar-refractivity contribution >= 4 is 29.1 Å². The Morgan fingerprint density at radius 1 is 1.11 bits per heavy atom. The Kier molecular flexibility index (Phi) is 5.26. The molecule has 0 saturated heterocycles. The van der Waals surface area contributed by atoms with E-state index in [1.54, 1.807) is 12.1 Å². The topological polar surface area (TPSA) is 87.3 Å². The molecule has 1 heterocycles. The van der Waals surface area contributed by atoms with Crippen LogP contribution in [0.5, 0.6) is 0 Å². The fraction of sp³-hybridized carbons (Fsp3) is 0.286. The molecule has 3 amide bonds. The number of urea groups is 1. The average molecular weight is 365 g/mol. The van der Waals surface area contributed by atoms with Crippen molar-refractivity contribution in [1.82, 2.24) is 5.32 Å². The lowest BCUT2D eigenvalue weighted by molar-refractivity contribution is -0.116. The summed E-state index contributed by atoms with van der Waals surface area (Å²) in [6.07, 6.45) is 1.18. The number of anilines is 2. The lowest BCUT2D eigenvalue weighted by Crippen LogP contribution is -2.31. The van der Waals surface area contributed by atoms with E-state index in [1.165, 1.54) is 6.92 Å². The lowest BCUT2D eigenvalue weighted by atomic mass is 9.98. The summed E-state index contributed by atoms with van der Waals surface area (Å²) < 4.78 is 0. The van der Waals surface area contributed by atoms with Crippen LogP contribution >= 0.6 is 0 Å². The van der Waals surface area contributed by atoms with E-state index in [-0.39, 0.29) is 23.8 Å². The Morgan fingerprint density at radius 2 is 1.89 bits per heavy atom. The quantitative estimate of drug-likeness (QED) is 0.717. The first-order valence-corrected chi connectivity index (χ1v) is 8.95. The molecule has 0 saturated carbocycles. The van der Waals surface area contributed by atoms with Crippen molar-refractivity contribution in [2.75, 3.05) is 10.6 Å². The number of carbonyl (C=O) groups is 3. The van der Waals surface area contributed by atoms with Crippen LogP contribution in [-0.4, -0.2) is 17.7 Å². The number of nitrogens with one attached hydrogen (secondary N) is 3. The molecule has 1 aliphatic heterocycles. The van der Waals surface area contributed by atoms with Crippen molar-refractivity contribution in [2.24, 2.45) is 0 Å².